The second-order valence-electron chi connectivity index (χ2n) is 6.31. The molecular weight excluding hydrogens is 371 g/mol. The quantitative estimate of drug-likeness (QED) is 0.752. The molecule has 2 aromatic carbocycles. The van der Waals surface area contributed by atoms with Gasteiger partial charge >= 0.3 is 5.97 Å². The molecule has 0 aromatic heterocycles. The van der Waals surface area contributed by atoms with Gasteiger partial charge in [-0.05, 0) is 42.0 Å². The summed E-state index contributed by atoms with van der Waals surface area (Å²) in [6.07, 6.45) is 0. The molecule has 1 atom stereocenters. The van der Waals surface area contributed by atoms with Crippen LogP contribution in [0.15, 0.2) is 48.5 Å². The molecule has 1 saturated heterocycles. The van der Waals surface area contributed by atoms with Crippen LogP contribution in [0.2, 0.25) is 5.02 Å². The first kappa shape index (κ1) is 19.3. The van der Waals surface area contributed by atoms with E-state index in [9.17, 15) is 14.0 Å². The van der Waals surface area contributed by atoms with Gasteiger partial charge in [-0.25, -0.2) is 9.18 Å². The highest BCUT2D eigenvalue weighted by Crippen LogP contribution is 2.25. The number of carbonyl (C=O) groups excluding carboxylic acids is 2. The number of rotatable bonds is 4. The zero-order chi connectivity index (χ0) is 19.4. The SMILES string of the molecule is COC(=O)C(c1ccc(Cl)cc1)N1CCN(C(=O)c2ccc(F)cc2)CC1. The van der Waals surface area contributed by atoms with E-state index in [0.29, 0.717) is 36.8 Å². The van der Waals surface area contributed by atoms with E-state index in [4.69, 9.17) is 16.3 Å². The van der Waals surface area contributed by atoms with Crippen LogP contribution in [0.4, 0.5) is 4.39 Å². The van der Waals surface area contributed by atoms with E-state index in [1.165, 1.54) is 31.4 Å². The number of ether oxygens (including phenoxy) is 1. The first-order valence-corrected chi connectivity index (χ1v) is 8.99. The summed E-state index contributed by atoms with van der Waals surface area (Å²) in [7, 11) is 1.36. The van der Waals surface area contributed by atoms with E-state index >= 15 is 0 Å². The molecule has 142 valence electrons. The van der Waals surface area contributed by atoms with Crippen molar-refractivity contribution in [2.75, 3.05) is 33.3 Å². The molecule has 0 aliphatic carbocycles. The number of esters is 1. The third-order valence-corrected chi connectivity index (χ3v) is 4.92. The number of benzene rings is 2. The Hall–Kier alpha value is -2.44. The molecule has 1 heterocycles. The smallest absolute Gasteiger partial charge is 0.327 e. The summed E-state index contributed by atoms with van der Waals surface area (Å²) in [6, 6.07) is 12.1. The van der Waals surface area contributed by atoms with Crippen molar-refractivity contribution in [2.45, 2.75) is 6.04 Å². The standard InChI is InChI=1S/C20H20ClFN2O3/c1-27-20(26)18(14-2-6-16(21)7-3-14)23-10-12-24(13-11-23)19(25)15-4-8-17(22)9-5-15/h2-9,18H,10-13H2,1H3. The van der Waals surface area contributed by atoms with Gasteiger partial charge in [0.2, 0.25) is 0 Å². The molecule has 0 radical (unpaired) electrons. The molecule has 1 aliphatic rings. The Bertz CT molecular complexity index is 803. The predicted octanol–water partition coefficient (Wildman–Crippen LogP) is 3.15. The number of nitrogens with zero attached hydrogens (tertiary/aromatic N) is 2. The second-order valence-corrected chi connectivity index (χ2v) is 6.75. The van der Waals surface area contributed by atoms with E-state index < -0.39 is 6.04 Å². The van der Waals surface area contributed by atoms with E-state index in [1.807, 2.05) is 4.90 Å². The zero-order valence-electron chi connectivity index (χ0n) is 14.9. The highest BCUT2D eigenvalue weighted by Gasteiger charge is 2.32. The van der Waals surface area contributed by atoms with Gasteiger partial charge in [0, 0.05) is 36.8 Å². The van der Waals surface area contributed by atoms with Crippen LogP contribution in [0.5, 0.6) is 0 Å². The van der Waals surface area contributed by atoms with Crippen LogP contribution in [0.3, 0.4) is 0 Å². The van der Waals surface area contributed by atoms with E-state index in [2.05, 4.69) is 0 Å². The van der Waals surface area contributed by atoms with Crippen LogP contribution in [0, 0.1) is 5.82 Å². The van der Waals surface area contributed by atoms with Crippen LogP contribution in [-0.2, 0) is 9.53 Å². The third-order valence-electron chi connectivity index (χ3n) is 4.67. The molecule has 3 rings (SSSR count). The van der Waals surface area contributed by atoms with Crippen molar-refractivity contribution in [3.05, 3.63) is 70.5 Å². The van der Waals surface area contributed by atoms with Crippen LogP contribution in [-0.4, -0.2) is 55.0 Å². The van der Waals surface area contributed by atoms with Crippen LogP contribution >= 0.6 is 11.6 Å². The van der Waals surface area contributed by atoms with Crippen LogP contribution < -0.4 is 0 Å². The van der Waals surface area contributed by atoms with Gasteiger partial charge in [-0.15, -0.1) is 0 Å². The summed E-state index contributed by atoms with van der Waals surface area (Å²) in [5.41, 5.74) is 1.25. The molecule has 1 amide bonds. The van der Waals surface area contributed by atoms with E-state index in [0.717, 1.165) is 5.56 Å². The number of halogens is 2. The van der Waals surface area contributed by atoms with Gasteiger partial charge in [0.1, 0.15) is 11.9 Å². The second kappa shape index (κ2) is 8.50. The molecule has 0 N–H and O–H groups in total. The average molecular weight is 391 g/mol. The maximum Gasteiger partial charge on any atom is 0.327 e. The Balaban J connectivity index is 1.70. The fourth-order valence-corrected chi connectivity index (χ4v) is 3.34. The minimum Gasteiger partial charge on any atom is -0.468 e. The Morgan fingerprint density at radius 1 is 1.00 bits per heavy atom. The topological polar surface area (TPSA) is 49.9 Å². The maximum absolute atomic E-state index is 13.0. The maximum atomic E-state index is 13.0. The number of piperazine rings is 1. The molecule has 0 saturated carbocycles. The molecule has 2 aromatic rings. The first-order valence-electron chi connectivity index (χ1n) is 8.62. The van der Waals surface area contributed by atoms with Crippen molar-refractivity contribution in [1.29, 1.82) is 0 Å². The molecule has 7 heteroatoms. The summed E-state index contributed by atoms with van der Waals surface area (Å²) in [4.78, 5) is 28.6. The van der Waals surface area contributed by atoms with E-state index in [-0.39, 0.29) is 17.7 Å². The summed E-state index contributed by atoms with van der Waals surface area (Å²) >= 11 is 5.94. The Morgan fingerprint density at radius 3 is 2.15 bits per heavy atom. The van der Waals surface area contributed by atoms with Crippen molar-refractivity contribution in [3.63, 3.8) is 0 Å². The van der Waals surface area contributed by atoms with Crippen LogP contribution in [0.25, 0.3) is 0 Å². The summed E-state index contributed by atoms with van der Waals surface area (Å²) in [5, 5.41) is 0.595. The first-order chi connectivity index (χ1) is 13.0. The van der Waals surface area contributed by atoms with Crippen molar-refractivity contribution >= 4 is 23.5 Å². The highest BCUT2D eigenvalue weighted by atomic mass is 35.5. The lowest BCUT2D eigenvalue weighted by Crippen LogP contribution is -2.51. The molecule has 1 fully saturated rings. The number of carbonyl (C=O) groups is 2. The minimum absolute atomic E-state index is 0.143. The lowest BCUT2D eigenvalue weighted by Gasteiger charge is -2.38. The van der Waals surface area contributed by atoms with Gasteiger partial charge < -0.3 is 9.64 Å². The summed E-state index contributed by atoms with van der Waals surface area (Å²) in [5.74, 6) is -0.869. The Kier molecular flexibility index (Phi) is 6.08. The molecular formula is C20H20ClFN2O3. The summed E-state index contributed by atoms with van der Waals surface area (Å²) < 4.78 is 18.0. The van der Waals surface area contributed by atoms with Crippen molar-refractivity contribution in [3.8, 4) is 0 Å². The minimum atomic E-state index is -0.546. The summed E-state index contributed by atoms with van der Waals surface area (Å²) in [6.45, 7) is 1.99. The third kappa shape index (κ3) is 4.46. The normalized spacial score (nSPS) is 16.0. The Labute approximate surface area is 162 Å². The molecule has 5 nitrogen and oxygen atoms in total. The number of methoxy groups -OCH3 is 1. The van der Waals surface area contributed by atoms with Crippen LogP contribution in [0.1, 0.15) is 22.0 Å². The van der Waals surface area contributed by atoms with Gasteiger partial charge in [0.15, 0.2) is 0 Å². The molecule has 0 bridgehead atoms. The number of amides is 1. The monoisotopic (exact) mass is 390 g/mol. The van der Waals surface area contributed by atoms with E-state index in [1.54, 1.807) is 29.2 Å². The van der Waals surface area contributed by atoms with Crippen molar-refractivity contribution in [1.82, 2.24) is 9.80 Å². The zero-order valence-corrected chi connectivity index (χ0v) is 15.7. The lowest BCUT2D eigenvalue weighted by atomic mass is 10.0. The van der Waals surface area contributed by atoms with Gasteiger partial charge in [0.25, 0.3) is 5.91 Å². The molecule has 0 spiro atoms. The molecule has 27 heavy (non-hydrogen) atoms. The molecule has 1 unspecified atom stereocenters. The lowest BCUT2D eigenvalue weighted by molar-refractivity contribution is -0.148. The number of hydrogen-bond donors (Lipinski definition) is 0. The van der Waals surface area contributed by atoms with Crippen molar-refractivity contribution in [2.24, 2.45) is 0 Å². The number of hydrogen-bond acceptors (Lipinski definition) is 4. The largest absolute Gasteiger partial charge is 0.468 e. The van der Waals surface area contributed by atoms with Gasteiger partial charge in [0.05, 0.1) is 7.11 Å². The van der Waals surface area contributed by atoms with Gasteiger partial charge in [-0.1, -0.05) is 23.7 Å². The fraction of sp³-hybridized carbons (Fsp3) is 0.300. The average Bonchev–Trinajstić information content (AvgIpc) is 2.70. The van der Waals surface area contributed by atoms with Gasteiger partial charge in [-0.3, -0.25) is 9.69 Å². The molecule has 1 aliphatic heterocycles. The van der Waals surface area contributed by atoms with Gasteiger partial charge in [-0.2, -0.15) is 0 Å². The Morgan fingerprint density at radius 2 is 1.59 bits per heavy atom. The van der Waals surface area contributed by atoms with Crippen molar-refractivity contribution < 1.29 is 18.7 Å². The predicted molar refractivity (Wildman–Crippen MR) is 100 cm³/mol. The highest BCUT2D eigenvalue weighted by molar-refractivity contribution is 6.30. The fourth-order valence-electron chi connectivity index (χ4n) is 3.21.